The molecule has 0 N–H and O–H groups in total. The molecule has 1 aromatic carbocycles. The minimum atomic E-state index is -0.488. The molecule has 0 saturated carbocycles. The molecule has 2 heterocycles. The number of benzene rings is 1. The van der Waals surface area contributed by atoms with Gasteiger partial charge >= 0.3 is 5.97 Å². The van der Waals surface area contributed by atoms with E-state index in [4.69, 9.17) is 9.72 Å². The summed E-state index contributed by atoms with van der Waals surface area (Å²) in [6.45, 7) is 7.57. The van der Waals surface area contributed by atoms with Gasteiger partial charge in [-0.25, -0.2) is 9.97 Å². The average Bonchev–Trinajstić information content (AvgIpc) is 2.71. The maximum Gasteiger partial charge on any atom is 0.306 e. The van der Waals surface area contributed by atoms with Gasteiger partial charge in [0.2, 0.25) is 0 Å². The fraction of sp³-hybridized carbons (Fsp3) is 0.333. The van der Waals surface area contributed by atoms with Crippen LogP contribution in [0.3, 0.4) is 0 Å². The predicted octanol–water partition coefficient (Wildman–Crippen LogP) is 5.41. The van der Waals surface area contributed by atoms with Crippen LogP contribution in [-0.2, 0) is 21.7 Å². The van der Waals surface area contributed by atoms with Crippen LogP contribution in [0, 0.1) is 6.92 Å². The number of ether oxygens (including phenoxy) is 1. The second-order valence-corrected chi connectivity index (χ2v) is 9.02. The summed E-state index contributed by atoms with van der Waals surface area (Å²) in [5.41, 5.74) is 4.25. The molecule has 0 fully saturated rings. The molecular formula is C24H27N3O2S. The molecule has 0 spiro atoms. The van der Waals surface area contributed by atoms with E-state index in [9.17, 15) is 4.79 Å². The lowest BCUT2D eigenvalue weighted by Crippen LogP contribution is -2.24. The molecule has 5 nitrogen and oxygen atoms in total. The summed E-state index contributed by atoms with van der Waals surface area (Å²) in [6.07, 6.45) is 2.60. The molecule has 0 saturated heterocycles. The monoisotopic (exact) mass is 421 g/mol. The van der Waals surface area contributed by atoms with Crippen molar-refractivity contribution >= 4 is 17.7 Å². The van der Waals surface area contributed by atoms with Crippen LogP contribution in [0.5, 0.6) is 0 Å². The smallest absolute Gasteiger partial charge is 0.306 e. The summed E-state index contributed by atoms with van der Waals surface area (Å²) >= 11 is 1.59. The van der Waals surface area contributed by atoms with Gasteiger partial charge in [-0.2, -0.15) is 0 Å². The van der Waals surface area contributed by atoms with Gasteiger partial charge in [0.25, 0.3) is 0 Å². The Balaban J connectivity index is 1.80. The molecule has 0 aliphatic rings. The van der Waals surface area contributed by atoms with E-state index in [1.54, 1.807) is 11.8 Å². The molecule has 0 atom stereocenters. The van der Waals surface area contributed by atoms with Gasteiger partial charge in [0.15, 0.2) is 5.16 Å². The number of pyridine rings is 1. The number of esters is 1. The van der Waals surface area contributed by atoms with Crippen molar-refractivity contribution in [3.8, 4) is 11.3 Å². The van der Waals surface area contributed by atoms with Gasteiger partial charge in [0.1, 0.15) is 5.60 Å². The Morgan fingerprint density at radius 3 is 2.50 bits per heavy atom. The van der Waals surface area contributed by atoms with E-state index in [1.807, 2.05) is 70.3 Å². The highest BCUT2D eigenvalue weighted by Gasteiger charge is 2.17. The third kappa shape index (κ3) is 6.95. The number of carbonyl (C=O) groups excluding carboxylic acids is 1. The minimum absolute atomic E-state index is 0.224. The number of nitrogens with zero attached hydrogens (tertiary/aromatic N) is 3. The third-order valence-electron chi connectivity index (χ3n) is 4.18. The molecule has 3 aromatic rings. The summed E-state index contributed by atoms with van der Waals surface area (Å²) in [6, 6.07) is 16.1. The Labute approximate surface area is 182 Å². The molecule has 30 heavy (non-hydrogen) atoms. The maximum absolute atomic E-state index is 12.1. The molecule has 0 aliphatic heterocycles. The second kappa shape index (κ2) is 9.85. The van der Waals surface area contributed by atoms with E-state index >= 15 is 0 Å². The molecule has 0 amide bonds. The number of rotatable bonds is 7. The molecule has 6 heteroatoms. The summed E-state index contributed by atoms with van der Waals surface area (Å²) < 4.78 is 5.43. The van der Waals surface area contributed by atoms with E-state index < -0.39 is 5.60 Å². The fourth-order valence-corrected chi connectivity index (χ4v) is 3.61. The van der Waals surface area contributed by atoms with Crippen LogP contribution in [0.2, 0.25) is 0 Å². The first-order valence-electron chi connectivity index (χ1n) is 9.98. The van der Waals surface area contributed by atoms with Gasteiger partial charge in [0.05, 0.1) is 12.1 Å². The van der Waals surface area contributed by atoms with Crippen LogP contribution < -0.4 is 0 Å². The van der Waals surface area contributed by atoms with Crippen LogP contribution >= 0.6 is 11.8 Å². The standard InChI is InChI=1S/C24H27N3O2S/c1-17-10-11-19(15-25-17)21-14-20(12-13-22(28)29-24(2,3)4)26-23(27-21)30-16-18-8-6-5-7-9-18/h5-11,14-15H,12-13,16H2,1-4H3. The summed E-state index contributed by atoms with van der Waals surface area (Å²) in [7, 11) is 0. The quantitative estimate of drug-likeness (QED) is 0.289. The van der Waals surface area contributed by atoms with Crippen molar-refractivity contribution in [3.63, 3.8) is 0 Å². The number of carbonyl (C=O) groups is 1. The van der Waals surface area contributed by atoms with E-state index in [-0.39, 0.29) is 12.4 Å². The number of aromatic nitrogens is 3. The van der Waals surface area contributed by atoms with Gasteiger partial charge in [-0.15, -0.1) is 0 Å². The highest BCUT2D eigenvalue weighted by molar-refractivity contribution is 7.98. The maximum atomic E-state index is 12.1. The lowest BCUT2D eigenvalue weighted by atomic mass is 10.1. The van der Waals surface area contributed by atoms with Crippen LogP contribution in [-0.4, -0.2) is 26.5 Å². The predicted molar refractivity (Wildman–Crippen MR) is 120 cm³/mol. The molecule has 156 valence electrons. The van der Waals surface area contributed by atoms with E-state index in [0.29, 0.717) is 11.6 Å². The molecule has 0 unspecified atom stereocenters. The summed E-state index contributed by atoms with van der Waals surface area (Å²) in [5.74, 6) is 0.556. The van der Waals surface area contributed by atoms with Crippen LogP contribution in [0.25, 0.3) is 11.3 Å². The number of thioether (sulfide) groups is 1. The molecule has 0 aliphatic carbocycles. The Kier molecular flexibility index (Phi) is 7.21. The first-order valence-corrected chi connectivity index (χ1v) is 11.0. The average molecular weight is 422 g/mol. The lowest BCUT2D eigenvalue weighted by molar-refractivity contribution is -0.154. The first kappa shape index (κ1) is 22.0. The van der Waals surface area contributed by atoms with E-state index in [0.717, 1.165) is 28.4 Å². The Morgan fingerprint density at radius 1 is 1.07 bits per heavy atom. The van der Waals surface area contributed by atoms with Gasteiger partial charge in [-0.1, -0.05) is 42.1 Å². The summed E-state index contributed by atoms with van der Waals surface area (Å²) in [4.78, 5) is 25.9. The van der Waals surface area contributed by atoms with Gasteiger partial charge in [-0.3, -0.25) is 9.78 Å². The molecular weight excluding hydrogens is 394 g/mol. The van der Waals surface area contributed by atoms with Crippen LogP contribution in [0.4, 0.5) is 0 Å². The Bertz CT molecular complexity index is 984. The molecule has 2 aromatic heterocycles. The molecule has 3 rings (SSSR count). The van der Waals surface area contributed by atoms with Crippen LogP contribution in [0.1, 0.15) is 44.1 Å². The number of hydrogen-bond acceptors (Lipinski definition) is 6. The molecule has 0 radical (unpaired) electrons. The van der Waals surface area contributed by atoms with Crippen molar-refractivity contribution < 1.29 is 9.53 Å². The van der Waals surface area contributed by atoms with Crippen LogP contribution in [0.15, 0.2) is 59.9 Å². The SMILES string of the molecule is Cc1ccc(-c2cc(CCC(=O)OC(C)(C)C)nc(SCc3ccccc3)n2)cn1. The van der Waals surface area contributed by atoms with E-state index in [1.165, 1.54) is 5.56 Å². The Hall–Kier alpha value is -2.73. The van der Waals surface area contributed by atoms with Gasteiger partial charge in [0, 0.05) is 35.3 Å². The highest BCUT2D eigenvalue weighted by atomic mass is 32.2. The highest BCUT2D eigenvalue weighted by Crippen LogP contribution is 2.25. The summed E-state index contributed by atoms with van der Waals surface area (Å²) in [5, 5.41) is 0.691. The van der Waals surface area contributed by atoms with Crippen molar-refractivity contribution in [2.24, 2.45) is 0 Å². The number of hydrogen-bond donors (Lipinski definition) is 0. The zero-order valence-corrected chi connectivity index (χ0v) is 18.7. The van der Waals surface area contributed by atoms with Gasteiger partial charge in [-0.05, 0) is 51.5 Å². The normalized spacial score (nSPS) is 11.3. The van der Waals surface area contributed by atoms with Crippen molar-refractivity contribution in [1.29, 1.82) is 0 Å². The topological polar surface area (TPSA) is 65.0 Å². The largest absolute Gasteiger partial charge is 0.460 e. The number of aryl methyl sites for hydroxylation is 2. The zero-order valence-electron chi connectivity index (χ0n) is 17.9. The first-order chi connectivity index (χ1) is 14.3. The lowest BCUT2D eigenvalue weighted by Gasteiger charge is -2.19. The fourth-order valence-electron chi connectivity index (χ4n) is 2.78. The van der Waals surface area contributed by atoms with Crippen molar-refractivity contribution in [2.75, 3.05) is 0 Å². The minimum Gasteiger partial charge on any atom is -0.460 e. The molecule has 0 bridgehead atoms. The van der Waals surface area contributed by atoms with Crippen molar-refractivity contribution in [1.82, 2.24) is 15.0 Å². The zero-order chi connectivity index (χ0) is 21.6. The third-order valence-corrected chi connectivity index (χ3v) is 5.10. The van der Waals surface area contributed by atoms with Crippen molar-refractivity contribution in [2.45, 2.75) is 57.0 Å². The van der Waals surface area contributed by atoms with Gasteiger partial charge < -0.3 is 4.74 Å². The van der Waals surface area contributed by atoms with E-state index in [2.05, 4.69) is 22.1 Å². The Morgan fingerprint density at radius 2 is 1.83 bits per heavy atom. The second-order valence-electron chi connectivity index (χ2n) is 8.08. The van der Waals surface area contributed by atoms with Crippen molar-refractivity contribution in [3.05, 3.63) is 71.7 Å².